The standard InChI is InChI=1S/C17H35N3/c1-15(2)18-13-17(9-5-6-10-17)14-19(3)12-16-8-7-11-20(16)4/h15-16,18H,5-14H2,1-4H3. The first-order valence-electron chi connectivity index (χ1n) is 8.63. The fourth-order valence-electron chi connectivity index (χ4n) is 4.14. The summed E-state index contributed by atoms with van der Waals surface area (Å²) < 4.78 is 0. The Balaban J connectivity index is 1.83. The van der Waals surface area contributed by atoms with Gasteiger partial charge in [0.25, 0.3) is 0 Å². The van der Waals surface area contributed by atoms with E-state index in [1.807, 2.05) is 0 Å². The molecule has 1 saturated heterocycles. The lowest BCUT2D eigenvalue weighted by Gasteiger charge is -2.36. The first-order valence-corrected chi connectivity index (χ1v) is 8.63. The number of rotatable bonds is 7. The lowest BCUT2D eigenvalue weighted by Crippen LogP contribution is -2.46. The molecule has 1 aliphatic heterocycles. The fourth-order valence-corrected chi connectivity index (χ4v) is 4.14. The van der Waals surface area contributed by atoms with Crippen LogP contribution in [-0.2, 0) is 0 Å². The van der Waals surface area contributed by atoms with Crippen LogP contribution in [0.15, 0.2) is 0 Å². The number of nitrogens with one attached hydrogen (secondary N) is 1. The summed E-state index contributed by atoms with van der Waals surface area (Å²) in [6.45, 7) is 9.55. The quantitative estimate of drug-likeness (QED) is 0.774. The van der Waals surface area contributed by atoms with Crippen molar-refractivity contribution >= 4 is 0 Å². The zero-order chi connectivity index (χ0) is 14.6. The fraction of sp³-hybridized carbons (Fsp3) is 1.00. The number of hydrogen-bond donors (Lipinski definition) is 1. The molecular weight excluding hydrogens is 246 g/mol. The van der Waals surface area contributed by atoms with Crippen LogP contribution in [-0.4, -0.2) is 62.2 Å². The summed E-state index contributed by atoms with van der Waals surface area (Å²) in [4.78, 5) is 5.16. The summed E-state index contributed by atoms with van der Waals surface area (Å²) in [6, 6.07) is 1.40. The summed E-state index contributed by atoms with van der Waals surface area (Å²) in [5.41, 5.74) is 0.538. The highest BCUT2D eigenvalue weighted by atomic mass is 15.2. The van der Waals surface area contributed by atoms with E-state index in [9.17, 15) is 0 Å². The van der Waals surface area contributed by atoms with Gasteiger partial charge in [-0.15, -0.1) is 0 Å². The molecule has 3 heteroatoms. The maximum Gasteiger partial charge on any atom is 0.0220 e. The normalized spacial score (nSPS) is 27.0. The van der Waals surface area contributed by atoms with E-state index in [2.05, 4.69) is 43.1 Å². The van der Waals surface area contributed by atoms with E-state index in [1.165, 1.54) is 64.7 Å². The third-order valence-corrected chi connectivity index (χ3v) is 5.35. The molecule has 2 aliphatic rings. The van der Waals surface area contributed by atoms with Crippen molar-refractivity contribution in [3.63, 3.8) is 0 Å². The van der Waals surface area contributed by atoms with Crippen LogP contribution in [0, 0.1) is 5.41 Å². The van der Waals surface area contributed by atoms with Crippen molar-refractivity contribution in [2.75, 3.05) is 40.3 Å². The van der Waals surface area contributed by atoms with Crippen LogP contribution < -0.4 is 5.32 Å². The molecule has 3 nitrogen and oxygen atoms in total. The predicted octanol–water partition coefficient (Wildman–Crippen LogP) is 2.57. The van der Waals surface area contributed by atoms with Gasteiger partial charge in [-0.05, 0) is 51.7 Å². The van der Waals surface area contributed by atoms with Gasteiger partial charge in [0.2, 0.25) is 0 Å². The van der Waals surface area contributed by atoms with E-state index in [0.29, 0.717) is 11.5 Å². The van der Waals surface area contributed by atoms with E-state index in [0.717, 1.165) is 6.04 Å². The minimum atomic E-state index is 0.538. The third kappa shape index (κ3) is 4.44. The molecule has 0 aromatic heterocycles. The molecule has 0 radical (unpaired) electrons. The Hall–Kier alpha value is -0.120. The summed E-state index contributed by atoms with van der Waals surface area (Å²) in [6.07, 6.45) is 8.45. The maximum atomic E-state index is 3.70. The first-order chi connectivity index (χ1) is 9.51. The molecule has 1 N–H and O–H groups in total. The van der Waals surface area contributed by atoms with E-state index in [4.69, 9.17) is 0 Å². The van der Waals surface area contributed by atoms with Crippen LogP contribution in [0.1, 0.15) is 52.4 Å². The van der Waals surface area contributed by atoms with Crippen LogP contribution >= 0.6 is 0 Å². The van der Waals surface area contributed by atoms with Crippen molar-refractivity contribution in [1.82, 2.24) is 15.1 Å². The molecule has 118 valence electrons. The van der Waals surface area contributed by atoms with Gasteiger partial charge < -0.3 is 15.1 Å². The lowest BCUT2D eigenvalue weighted by molar-refractivity contribution is 0.141. The zero-order valence-electron chi connectivity index (χ0n) is 14.1. The van der Waals surface area contributed by atoms with Gasteiger partial charge in [0.15, 0.2) is 0 Å². The lowest BCUT2D eigenvalue weighted by atomic mass is 9.85. The van der Waals surface area contributed by atoms with E-state index in [1.54, 1.807) is 0 Å². The number of likely N-dealkylation sites (tertiary alicyclic amines) is 1. The van der Waals surface area contributed by atoms with Gasteiger partial charge in [-0.1, -0.05) is 26.7 Å². The molecule has 1 unspecified atom stereocenters. The number of nitrogens with zero attached hydrogens (tertiary/aromatic N) is 2. The molecule has 2 rings (SSSR count). The zero-order valence-corrected chi connectivity index (χ0v) is 14.1. The highest BCUT2D eigenvalue weighted by Crippen LogP contribution is 2.38. The highest BCUT2D eigenvalue weighted by Gasteiger charge is 2.35. The Morgan fingerprint density at radius 1 is 1.25 bits per heavy atom. The van der Waals surface area contributed by atoms with Gasteiger partial charge in [-0.3, -0.25) is 0 Å². The van der Waals surface area contributed by atoms with Gasteiger partial charge in [0.05, 0.1) is 0 Å². The van der Waals surface area contributed by atoms with Crippen LogP contribution in [0.4, 0.5) is 0 Å². The molecule has 2 fully saturated rings. The second-order valence-electron chi connectivity index (χ2n) is 7.72. The monoisotopic (exact) mass is 281 g/mol. The Kier molecular flexibility index (Phi) is 5.88. The third-order valence-electron chi connectivity index (χ3n) is 5.35. The van der Waals surface area contributed by atoms with Crippen molar-refractivity contribution in [2.45, 2.75) is 64.5 Å². The van der Waals surface area contributed by atoms with E-state index >= 15 is 0 Å². The largest absolute Gasteiger partial charge is 0.314 e. The summed E-state index contributed by atoms with van der Waals surface area (Å²) in [7, 11) is 4.62. The predicted molar refractivity (Wildman–Crippen MR) is 87.2 cm³/mol. The van der Waals surface area contributed by atoms with Gasteiger partial charge in [0.1, 0.15) is 0 Å². The Labute approximate surface area is 126 Å². The smallest absolute Gasteiger partial charge is 0.0220 e. The van der Waals surface area contributed by atoms with Gasteiger partial charge in [0, 0.05) is 31.7 Å². The van der Waals surface area contributed by atoms with Crippen molar-refractivity contribution in [2.24, 2.45) is 5.41 Å². The van der Waals surface area contributed by atoms with Gasteiger partial charge >= 0.3 is 0 Å². The summed E-state index contributed by atoms with van der Waals surface area (Å²) >= 11 is 0. The molecule has 0 aromatic rings. The maximum absolute atomic E-state index is 3.70. The molecule has 1 atom stereocenters. The number of hydrogen-bond acceptors (Lipinski definition) is 3. The Bertz CT molecular complexity index is 284. The van der Waals surface area contributed by atoms with Crippen LogP contribution in [0.3, 0.4) is 0 Å². The SMILES string of the molecule is CC(C)NCC1(CN(C)CC2CCCN2C)CCCC1. The van der Waals surface area contributed by atoms with E-state index < -0.39 is 0 Å². The average molecular weight is 281 g/mol. The summed E-state index contributed by atoms with van der Waals surface area (Å²) in [5.74, 6) is 0. The van der Waals surface area contributed by atoms with Crippen molar-refractivity contribution in [1.29, 1.82) is 0 Å². The minimum absolute atomic E-state index is 0.538. The molecule has 0 aromatic carbocycles. The van der Waals surface area contributed by atoms with Crippen molar-refractivity contribution < 1.29 is 0 Å². The average Bonchev–Trinajstić information content (AvgIpc) is 2.98. The topological polar surface area (TPSA) is 18.5 Å². The number of likely N-dealkylation sites (N-methyl/N-ethyl adjacent to an activating group) is 2. The van der Waals surface area contributed by atoms with Crippen LogP contribution in [0.25, 0.3) is 0 Å². The second-order valence-corrected chi connectivity index (χ2v) is 7.72. The Morgan fingerprint density at radius 2 is 1.95 bits per heavy atom. The molecule has 1 aliphatic carbocycles. The van der Waals surface area contributed by atoms with Crippen molar-refractivity contribution in [3.05, 3.63) is 0 Å². The van der Waals surface area contributed by atoms with Gasteiger partial charge in [-0.2, -0.15) is 0 Å². The molecule has 20 heavy (non-hydrogen) atoms. The second kappa shape index (κ2) is 7.24. The van der Waals surface area contributed by atoms with Gasteiger partial charge in [-0.25, -0.2) is 0 Å². The van der Waals surface area contributed by atoms with E-state index in [-0.39, 0.29) is 0 Å². The molecule has 1 saturated carbocycles. The first kappa shape index (κ1) is 16.3. The minimum Gasteiger partial charge on any atom is -0.314 e. The molecule has 1 heterocycles. The molecule has 0 spiro atoms. The van der Waals surface area contributed by atoms with Crippen LogP contribution in [0.2, 0.25) is 0 Å². The molecule has 0 amide bonds. The summed E-state index contributed by atoms with van der Waals surface area (Å²) in [5, 5.41) is 3.70. The highest BCUT2D eigenvalue weighted by molar-refractivity contribution is 4.90. The Morgan fingerprint density at radius 3 is 2.50 bits per heavy atom. The molecule has 0 bridgehead atoms. The van der Waals surface area contributed by atoms with Crippen molar-refractivity contribution in [3.8, 4) is 0 Å². The van der Waals surface area contributed by atoms with Crippen LogP contribution in [0.5, 0.6) is 0 Å². The molecular formula is C17H35N3.